The molecule has 0 saturated carbocycles. The minimum absolute atomic E-state index is 0.196. The van der Waals surface area contributed by atoms with Gasteiger partial charge in [0, 0.05) is 34.6 Å². The molecule has 7 heteroatoms. The summed E-state index contributed by atoms with van der Waals surface area (Å²) in [5.74, 6) is 0.370. The van der Waals surface area contributed by atoms with Gasteiger partial charge in [0.2, 0.25) is 5.88 Å². The van der Waals surface area contributed by atoms with Crippen LogP contribution in [-0.4, -0.2) is 22.5 Å². The molecular weight excluding hydrogens is 342 g/mol. The summed E-state index contributed by atoms with van der Waals surface area (Å²) in [5.41, 5.74) is 2.33. The molecule has 0 aliphatic carbocycles. The normalized spacial score (nSPS) is 10.5. The highest BCUT2D eigenvalue weighted by molar-refractivity contribution is 7.14. The number of thiophene rings is 1. The lowest BCUT2D eigenvalue weighted by molar-refractivity contribution is 0.0946. The molecule has 0 fully saturated rings. The Kier molecular flexibility index (Phi) is 5.55. The van der Waals surface area contributed by atoms with Gasteiger partial charge in [0.25, 0.3) is 5.91 Å². The summed E-state index contributed by atoms with van der Waals surface area (Å²) in [6, 6.07) is 5.73. The zero-order valence-electron chi connectivity index (χ0n) is 13.2. The number of carbonyl (C=O) groups excluding carboxylic acids is 1. The molecule has 0 aliphatic heterocycles. The third kappa shape index (κ3) is 3.98. The van der Waals surface area contributed by atoms with Gasteiger partial charge in [-0.25, -0.2) is 9.97 Å². The van der Waals surface area contributed by atoms with E-state index >= 15 is 0 Å². The number of nitrogens with one attached hydrogen (secondary N) is 1. The van der Waals surface area contributed by atoms with Crippen LogP contribution in [0.3, 0.4) is 0 Å². The van der Waals surface area contributed by atoms with Crippen molar-refractivity contribution in [3.63, 3.8) is 0 Å². The van der Waals surface area contributed by atoms with Gasteiger partial charge < -0.3 is 10.1 Å². The third-order valence-electron chi connectivity index (χ3n) is 3.24. The monoisotopic (exact) mass is 359 g/mol. The van der Waals surface area contributed by atoms with E-state index in [0.29, 0.717) is 24.7 Å². The number of ether oxygens (including phenoxy) is 1. The smallest absolute Gasteiger partial charge is 0.271 e. The van der Waals surface area contributed by atoms with Crippen LogP contribution in [0.15, 0.2) is 40.5 Å². The van der Waals surface area contributed by atoms with E-state index in [1.54, 1.807) is 22.9 Å². The molecule has 3 aromatic rings. The van der Waals surface area contributed by atoms with Crippen molar-refractivity contribution in [1.82, 2.24) is 15.3 Å². The standard InChI is InChI=1S/C17H17N3O2S2/c1-2-7-22-16-12(4-3-6-18-16)9-19-15(21)14-11-24-17(20-14)13-5-8-23-10-13/h3-6,8,10-11H,2,7,9H2,1H3,(H,19,21). The second kappa shape index (κ2) is 8.03. The molecule has 5 nitrogen and oxygen atoms in total. The molecule has 3 aromatic heterocycles. The van der Waals surface area contributed by atoms with Crippen LogP contribution in [-0.2, 0) is 6.54 Å². The first-order valence-corrected chi connectivity index (χ1v) is 9.43. The minimum atomic E-state index is -0.196. The first-order chi connectivity index (χ1) is 11.8. The van der Waals surface area contributed by atoms with Crippen LogP contribution >= 0.6 is 22.7 Å². The quantitative estimate of drug-likeness (QED) is 0.693. The molecule has 3 rings (SSSR count). The van der Waals surface area contributed by atoms with Crippen molar-refractivity contribution < 1.29 is 9.53 Å². The maximum Gasteiger partial charge on any atom is 0.271 e. The van der Waals surface area contributed by atoms with E-state index in [0.717, 1.165) is 22.6 Å². The predicted molar refractivity (Wildman–Crippen MR) is 96.6 cm³/mol. The van der Waals surface area contributed by atoms with Crippen molar-refractivity contribution in [2.24, 2.45) is 0 Å². The van der Waals surface area contributed by atoms with Crippen molar-refractivity contribution in [2.75, 3.05) is 6.61 Å². The molecular formula is C17H17N3O2S2. The number of nitrogens with zero attached hydrogens (tertiary/aromatic N) is 2. The number of hydrogen-bond donors (Lipinski definition) is 1. The van der Waals surface area contributed by atoms with Gasteiger partial charge in [-0.1, -0.05) is 13.0 Å². The van der Waals surface area contributed by atoms with E-state index in [1.165, 1.54) is 11.3 Å². The van der Waals surface area contributed by atoms with Gasteiger partial charge in [0.15, 0.2) is 0 Å². The molecule has 0 bridgehead atoms. The second-order valence-corrected chi connectivity index (χ2v) is 6.69. The molecule has 1 amide bonds. The molecule has 0 spiro atoms. The largest absolute Gasteiger partial charge is 0.477 e. The van der Waals surface area contributed by atoms with Gasteiger partial charge in [-0.15, -0.1) is 11.3 Å². The van der Waals surface area contributed by atoms with Crippen LogP contribution in [0.25, 0.3) is 10.6 Å². The van der Waals surface area contributed by atoms with Gasteiger partial charge in [-0.05, 0) is 23.9 Å². The van der Waals surface area contributed by atoms with Crippen molar-refractivity contribution in [3.8, 4) is 16.5 Å². The van der Waals surface area contributed by atoms with Crippen LogP contribution in [0.1, 0.15) is 29.4 Å². The lowest BCUT2D eigenvalue weighted by Crippen LogP contribution is -2.23. The Morgan fingerprint density at radius 3 is 3.04 bits per heavy atom. The summed E-state index contributed by atoms with van der Waals surface area (Å²) in [7, 11) is 0. The average molecular weight is 359 g/mol. The number of hydrogen-bond acceptors (Lipinski definition) is 6. The van der Waals surface area contributed by atoms with Crippen LogP contribution in [0.5, 0.6) is 5.88 Å². The Labute approximate surface area is 148 Å². The number of rotatable bonds is 7. The molecule has 0 aliphatic rings. The topological polar surface area (TPSA) is 64.1 Å². The summed E-state index contributed by atoms with van der Waals surface area (Å²) in [6.45, 7) is 3.00. The van der Waals surface area contributed by atoms with Gasteiger partial charge in [-0.3, -0.25) is 4.79 Å². The van der Waals surface area contributed by atoms with Gasteiger partial charge in [0.1, 0.15) is 10.7 Å². The third-order valence-corrected chi connectivity index (χ3v) is 4.81. The van der Waals surface area contributed by atoms with E-state index in [-0.39, 0.29) is 5.91 Å². The zero-order chi connectivity index (χ0) is 16.8. The molecule has 0 atom stereocenters. The molecule has 0 aromatic carbocycles. The Balaban J connectivity index is 1.64. The molecule has 24 heavy (non-hydrogen) atoms. The van der Waals surface area contributed by atoms with Crippen molar-refractivity contribution >= 4 is 28.6 Å². The SMILES string of the molecule is CCCOc1ncccc1CNC(=O)c1csc(-c2ccsc2)n1. The molecule has 0 saturated heterocycles. The van der Waals surface area contributed by atoms with Gasteiger partial charge in [-0.2, -0.15) is 11.3 Å². The number of pyridine rings is 1. The van der Waals surface area contributed by atoms with Crippen LogP contribution in [0.4, 0.5) is 0 Å². The molecule has 0 radical (unpaired) electrons. The fraction of sp³-hybridized carbons (Fsp3) is 0.235. The summed E-state index contributed by atoms with van der Waals surface area (Å²) in [5, 5.41) is 9.53. The molecule has 0 unspecified atom stereocenters. The van der Waals surface area contributed by atoms with Crippen molar-refractivity contribution in [1.29, 1.82) is 0 Å². The van der Waals surface area contributed by atoms with Crippen LogP contribution in [0.2, 0.25) is 0 Å². The number of thiazole rings is 1. The van der Waals surface area contributed by atoms with E-state index < -0.39 is 0 Å². The predicted octanol–water partition coefficient (Wildman–Crippen LogP) is 3.99. The Bertz CT molecular complexity index is 800. The first-order valence-electron chi connectivity index (χ1n) is 7.61. The van der Waals surface area contributed by atoms with E-state index in [2.05, 4.69) is 15.3 Å². The Hall–Kier alpha value is -2.25. The maximum absolute atomic E-state index is 12.3. The average Bonchev–Trinajstić information content (AvgIpc) is 3.29. The summed E-state index contributed by atoms with van der Waals surface area (Å²) in [4.78, 5) is 20.9. The number of aromatic nitrogens is 2. The minimum Gasteiger partial charge on any atom is -0.477 e. The Morgan fingerprint density at radius 1 is 1.33 bits per heavy atom. The fourth-order valence-corrected chi connectivity index (χ4v) is 3.56. The van der Waals surface area contributed by atoms with Crippen molar-refractivity contribution in [2.45, 2.75) is 19.9 Å². The number of carbonyl (C=O) groups is 1. The summed E-state index contributed by atoms with van der Waals surface area (Å²) >= 11 is 3.08. The maximum atomic E-state index is 12.3. The van der Waals surface area contributed by atoms with E-state index in [1.807, 2.05) is 35.9 Å². The molecule has 124 valence electrons. The van der Waals surface area contributed by atoms with Crippen LogP contribution in [0, 0.1) is 0 Å². The lowest BCUT2D eigenvalue weighted by Gasteiger charge is -2.09. The van der Waals surface area contributed by atoms with Gasteiger partial charge >= 0.3 is 0 Å². The lowest BCUT2D eigenvalue weighted by atomic mass is 10.2. The summed E-state index contributed by atoms with van der Waals surface area (Å²) in [6.07, 6.45) is 2.59. The number of amides is 1. The van der Waals surface area contributed by atoms with Crippen molar-refractivity contribution in [3.05, 3.63) is 51.8 Å². The summed E-state index contributed by atoms with van der Waals surface area (Å²) < 4.78 is 5.60. The van der Waals surface area contributed by atoms with E-state index in [4.69, 9.17) is 4.74 Å². The van der Waals surface area contributed by atoms with E-state index in [9.17, 15) is 4.79 Å². The molecule has 3 heterocycles. The first kappa shape index (κ1) is 16.6. The van der Waals surface area contributed by atoms with Crippen LogP contribution < -0.4 is 10.1 Å². The zero-order valence-corrected chi connectivity index (χ0v) is 14.8. The van der Waals surface area contributed by atoms with Gasteiger partial charge in [0.05, 0.1) is 6.61 Å². The Morgan fingerprint density at radius 2 is 2.25 bits per heavy atom. The molecule has 1 N–H and O–H groups in total. The second-order valence-electron chi connectivity index (χ2n) is 5.05. The fourth-order valence-electron chi connectivity index (χ4n) is 2.05. The highest BCUT2D eigenvalue weighted by Crippen LogP contribution is 2.25. The highest BCUT2D eigenvalue weighted by atomic mass is 32.1. The highest BCUT2D eigenvalue weighted by Gasteiger charge is 2.13.